The molecule has 6 heteroatoms. The number of halogens is 1. The number of hydrogen-bond donors (Lipinski definition) is 0. The van der Waals surface area contributed by atoms with Gasteiger partial charge in [-0.2, -0.15) is 5.10 Å². The third-order valence-corrected chi connectivity index (χ3v) is 5.27. The normalized spacial score (nSPS) is 11.0. The van der Waals surface area contributed by atoms with Gasteiger partial charge in [0.1, 0.15) is 18.1 Å². The van der Waals surface area contributed by atoms with Crippen molar-refractivity contribution in [3.05, 3.63) is 81.6 Å². The van der Waals surface area contributed by atoms with Gasteiger partial charge in [-0.25, -0.2) is 0 Å². The highest BCUT2D eigenvalue weighted by molar-refractivity contribution is 9.10. The Hall–Kier alpha value is -2.86. The molecule has 0 saturated carbocycles. The molecule has 0 atom stereocenters. The molecule has 1 heterocycles. The number of aryl methyl sites for hydroxylation is 1. The van der Waals surface area contributed by atoms with Crippen LogP contribution in [0.15, 0.2) is 59.2 Å². The summed E-state index contributed by atoms with van der Waals surface area (Å²) in [4.78, 5) is 12.5. The van der Waals surface area contributed by atoms with Crippen LogP contribution in [0.5, 0.6) is 11.5 Å². The summed E-state index contributed by atoms with van der Waals surface area (Å²) in [5.41, 5.74) is 3.28. The standard InChI is InChI=1S/C23H23BrN2O3/c1-4-26-16(2)19(14-25-26)21(27)11-9-17-10-12-22(28-3)18(13-17)15-29-23-8-6-5-7-20(23)24/h5-14H,4,15H2,1-3H3/b11-9+. The largest absolute Gasteiger partial charge is 0.496 e. The summed E-state index contributed by atoms with van der Waals surface area (Å²) >= 11 is 3.48. The van der Waals surface area contributed by atoms with E-state index < -0.39 is 0 Å². The SMILES string of the molecule is CCn1ncc(C(=O)/C=C/c2ccc(OC)c(COc3ccccc3Br)c2)c1C. The van der Waals surface area contributed by atoms with Gasteiger partial charge in [0.15, 0.2) is 5.78 Å². The van der Waals surface area contributed by atoms with Gasteiger partial charge in [-0.05, 0) is 65.7 Å². The molecule has 0 saturated heterocycles. The maximum Gasteiger partial charge on any atom is 0.189 e. The van der Waals surface area contributed by atoms with E-state index >= 15 is 0 Å². The highest BCUT2D eigenvalue weighted by Gasteiger charge is 2.11. The average Bonchev–Trinajstić information content (AvgIpc) is 3.12. The molecule has 3 rings (SSSR count). The molecule has 1 aromatic heterocycles. The van der Waals surface area contributed by atoms with E-state index in [1.54, 1.807) is 25.5 Å². The Morgan fingerprint density at radius 1 is 1.21 bits per heavy atom. The van der Waals surface area contributed by atoms with Crippen molar-refractivity contribution in [3.8, 4) is 11.5 Å². The first-order valence-corrected chi connectivity index (χ1v) is 10.1. The van der Waals surface area contributed by atoms with Crippen LogP contribution in [-0.2, 0) is 13.2 Å². The van der Waals surface area contributed by atoms with Crippen LogP contribution >= 0.6 is 15.9 Å². The molecule has 0 aliphatic heterocycles. The summed E-state index contributed by atoms with van der Waals surface area (Å²) in [6, 6.07) is 13.4. The maximum absolute atomic E-state index is 12.5. The van der Waals surface area contributed by atoms with E-state index in [-0.39, 0.29) is 5.78 Å². The Balaban J connectivity index is 1.77. The van der Waals surface area contributed by atoms with Crippen LogP contribution < -0.4 is 9.47 Å². The second kappa shape index (κ2) is 9.56. The number of aromatic nitrogens is 2. The average molecular weight is 455 g/mol. The Morgan fingerprint density at radius 3 is 2.69 bits per heavy atom. The van der Waals surface area contributed by atoms with Crippen LogP contribution in [0.3, 0.4) is 0 Å². The lowest BCUT2D eigenvalue weighted by molar-refractivity contribution is 0.104. The molecule has 5 nitrogen and oxygen atoms in total. The first-order chi connectivity index (χ1) is 14.0. The monoisotopic (exact) mass is 454 g/mol. The lowest BCUT2D eigenvalue weighted by Gasteiger charge is -2.12. The predicted molar refractivity (Wildman–Crippen MR) is 117 cm³/mol. The molecular weight excluding hydrogens is 432 g/mol. The fourth-order valence-corrected chi connectivity index (χ4v) is 3.40. The Labute approximate surface area is 179 Å². The molecule has 0 N–H and O–H groups in total. The van der Waals surface area contributed by atoms with E-state index in [0.29, 0.717) is 12.2 Å². The maximum atomic E-state index is 12.5. The van der Waals surface area contributed by atoms with Crippen molar-refractivity contribution in [1.29, 1.82) is 0 Å². The number of benzene rings is 2. The molecule has 0 amide bonds. The number of carbonyl (C=O) groups is 1. The van der Waals surface area contributed by atoms with E-state index in [9.17, 15) is 4.79 Å². The highest BCUT2D eigenvalue weighted by atomic mass is 79.9. The summed E-state index contributed by atoms with van der Waals surface area (Å²) < 4.78 is 14.1. The van der Waals surface area contributed by atoms with Crippen molar-refractivity contribution in [2.24, 2.45) is 0 Å². The highest BCUT2D eigenvalue weighted by Crippen LogP contribution is 2.27. The molecular formula is C23H23BrN2O3. The van der Waals surface area contributed by atoms with Crippen molar-refractivity contribution in [2.45, 2.75) is 27.0 Å². The second-order valence-electron chi connectivity index (χ2n) is 6.45. The minimum Gasteiger partial charge on any atom is -0.496 e. The molecule has 150 valence electrons. The van der Waals surface area contributed by atoms with E-state index in [1.807, 2.05) is 61.0 Å². The summed E-state index contributed by atoms with van der Waals surface area (Å²) in [5, 5.41) is 4.23. The third kappa shape index (κ3) is 4.95. The zero-order valence-corrected chi connectivity index (χ0v) is 18.3. The van der Waals surface area contributed by atoms with Gasteiger partial charge in [-0.3, -0.25) is 9.48 Å². The zero-order chi connectivity index (χ0) is 20.8. The molecule has 3 aromatic rings. The van der Waals surface area contributed by atoms with Gasteiger partial charge < -0.3 is 9.47 Å². The van der Waals surface area contributed by atoms with Gasteiger partial charge in [0.25, 0.3) is 0 Å². The fourth-order valence-electron chi connectivity index (χ4n) is 3.00. The van der Waals surface area contributed by atoms with Gasteiger partial charge in [0.2, 0.25) is 0 Å². The topological polar surface area (TPSA) is 53.4 Å². The van der Waals surface area contributed by atoms with Gasteiger partial charge >= 0.3 is 0 Å². The third-order valence-electron chi connectivity index (χ3n) is 4.62. The lowest BCUT2D eigenvalue weighted by atomic mass is 10.1. The van der Waals surface area contributed by atoms with E-state index in [0.717, 1.165) is 39.3 Å². The first-order valence-electron chi connectivity index (χ1n) is 9.32. The Morgan fingerprint density at radius 2 is 2.00 bits per heavy atom. The second-order valence-corrected chi connectivity index (χ2v) is 7.30. The zero-order valence-electron chi connectivity index (χ0n) is 16.7. The Bertz CT molecular complexity index is 1040. The summed E-state index contributed by atoms with van der Waals surface area (Å²) in [5.74, 6) is 1.43. The van der Waals surface area contributed by atoms with Crippen molar-refractivity contribution in [2.75, 3.05) is 7.11 Å². The van der Waals surface area contributed by atoms with E-state index in [1.165, 1.54) is 0 Å². The molecule has 0 unspecified atom stereocenters. The number of allylic oxidation sites excluding steroid dienone is 1. The van der Waals surface area contributed by atoms with Gasteiger partial charge in [0.05, 0.1) is 23.3 Å². The smallest absolute Gasteiger partial charge is 0.189 e. The van der Waals surface area contributed by atoms with Crippen molar-refractivity contribution in [1.82, 2.24) is 9.78 Å². The van der Waals surface area contributed by atoms with Crippen LogP contribution in [0.25, 0.3) is 6.08 Å². The van der Waals surface area contributed by atoms with Crippen LogP contribution in [0.2, 0.25) is 0 Å². The molecule has 0 radical (unpaired) electrons. The molecule has 0 bridgehead atoms. The Kier molecular flexibility index (Phi) is 6.88. The van der Waals surface area contributed by atoms with Crippen LogP contribution in [0, 0.1) is 6.92 Å². The van der Waals surface area contributed by atoms with E-state index in [4.69, 9.17) is 9.47 Å². The number of hydrogen-bond acceptors (Lipinski definition) is 4. The predicted octanol–water partition coefficient (Wildman–Crippen LogP) is 5.46. The molecule has 0 fully saturated rings. The van der Waals surface area contributed by atoms with Crippen molar-refractivity contribution < 1.29 is 14.3 Å². The summed E-state index contributed by atoms with van der Waals surface area (Å²) in [6.07, 6.45) is 4.99. The summed E-state index contributed by atoms with van der Waals surface area (Å²) in [6.45, 7) is 4.99. The number of ether oxygens (including phenoxy) is 2. The number of nitrogens with zero attached hydrogens (tertiary/aromatic N) is 2. The molecule has 0 spiro atoms. The number of rotatable bonds is 8. The van der Waals surface area contributed by atoms with Crippen LogP contribution in [0.1, 0.15) is 34.1 Å². The minimum atomic E-state index is -0.0657. The fraction of sp³-hybridized carbons (Fsp3) is 0.217. The number of carbonyl (C=O) groups excluding carboxylic acids is 1. The minimum absolute atomic E-state index is 0.0657. The quantitative estimate of drug-likeness (QED) is 0.335. The van der Waals surface area contributed by atoms with Crippen molar-refractivity contribution in [3.63, 3.8) is 0 Å². The van der Waals surface area contributed by atoms with Gasteiger partial charge in [-0.1, -0.05) is 24.3 Å². The molecule has 0 aliphatic rings. The molecule has 29 heavy (non-hydrogen) atoms. The van der Waals surface area contributed by atoms with Crippen molar-refractivity contribution >= 4 is 27.8 Å². The number of ketones is 1. The molecule has 2 aromatic carbocycles. The number of methoxy groups -OCH3 is 1. The lowest BCUT2D eigenvalue weighted by Crippen LogP contribution is -2.02. The number of para-hydroxylation sites is 1. The van der Waals surface area contributed by atoms with Crippen LogP contribution in [0.4, 0.5) is 0 Å². The van der Waals surface area contributed by atoms with E-state index in [2.05, 4.69) is 21.0 Å². The van der Waals surface area contributed by atoms with Crippen LogP contribution in [-0.4, -0.2) is 22.7 Å². The van der Waals surface area contributed by atoms with Gasteiger partial charge in [0, 0.05) is 17.8 Å². The summed E-state index contributed by atoms with van der Waals surface area (Å²) in [7, 11) is 1.63. The molecule has 0 aliphatic carbocycles. The van der Waals surface area contributed by atoms with Gasteiger partial charge in [-0.15, -0.1) is 0 Å². The first kappa shape index (κ1) is 20.9.